The summed E-state index contributed by atoms with van der Waals surface area (Å²) in [4.78, 5) is 23.3. The van der Waals surface area contributed by atoms with Gasteiger partial charge in [-0.15, -0.1) is 0 Å². The topological polar surface area (TPSA) is 60.3 Å². The van der Waals surface area contributed by atoms with Crippen molar-refractivity contribution < 1.29 is 14.3 Å². The van der Waals surface area contributed by atoms with E-state index < -0.39 is 0 Å². The number of nitrogens with one attached hydrogen (secondary N) is 1. The summed E-state index contributed by atoms with van der Waals surface area (Å²) in [6, 6.07) is 7.58. The van der Waals surface area contributed by atoms with E-state index >= 15 is 0 Å². The van der Waals surface area contributed by atoms with Crippen molar-refractivity contribution in [2.24, 2.45) is 0 Å². The Balaban J connectivity index is 2.15. The molecule has 1 aliphatic rings. The lowest BCUT2D eigenvalue weighted by Gasteiger charge is -1.98. The van der Waals surface area contributed by atoms with Gasteiger partial charge in [0, 0.05) is 24.1 Å². The van der Waals surface area contributed by atoms with E-state index in [1.165, 1.54) is 6.92 Å². The quantitative estimate of drug-likeness (QED) is 0.637. The summed E-state index contributed by atoms with van der Waals surface area (Å²) >= 11 is 0. The molecule has 1 saturated heterocycles. The predicted molar refractivity (Wildman–Crippen MR) is 74.9 cm³/mol. The molecule has 1 N–H and O–H groups in total. The van der Waals surface area contributed by atoms with Gasteiger partial charge in [0.15, 0.2) is 6.23 Å². The summed E-state index contributed by atoms with van der Waals surface area (Å²) in [6.45, 7) is 3.27. The average molecular weight is 270 g/mol. The highest BCUT2D eigenvalue weighted by Crippen LogP contribution is 2.24. The van der Waals surface area contributed by atoms with Crippen LogP contribution >= 0.6 is 0 Å². The Bertz CT molecular complexity index is 743. The summed E-state index contributed by atoms with van der Waals surface area (Å²) in [5.74, 6) is -0.446. The van der Waals surface area contributed by atoms with Crippen molar-refractivity contribution in [3.05, 3.63) is 41.7 Å². The Kier molecular flexibility index (Phi) is 2.82. The predicted octanol–water partition coefficient (Wildman–Crippen LogP) is 2.13. The maximum atomic E-state index is 11.7. The molecule has 0 aliphatic carbocycles. The molecule has 0 bridgehead atoms. The molecule has 0 radical (unpaired) electrons. The number of carbonyl (C=O) groups excluding carboxylic acids is 2. The van der Waals surface area contributed by atoms with Gasteiger partial charge in [0.05, 0.1) is 5.52 Å². The second-order valence-electron chi connectivity index (χ2n) is 4.74. The standard InChI is InChI=1S/C15H14N2O3/c1-9-16-13(15(19)20-9)7-11-8-17(10(2)18)14-6-4-3-5-12(11)14/h3-9,16H,1-2H3/b13-7+. The van der Waals surface area contributed by atoms with E-state index in [1.54, 1.807) is 23.8 Å². The van der Waals surface area contributed by atoms with Crippen molar-refractivity contribution in [3.8, 4) is 0 Å². The molecule has 2 aromatic rings. The number of hydrogen-bond donors (Lipinski definition) is 1. The van der Waals surface area contributed by atoms with Crippen LogP contribution in [0, 0.1) is 0 Å². The SMILES string of the molecule is CC(=O)n1cc(/C=C2/NC(C)OC2=O)c2ccccc21. The zero-order valence-corrected chi connectivity index (χ0v) is 11.2. The lowest BCUT2D eigenvalue weighted by atomic mass is 10.1. The average Bonchev–Trinajstić information content (AvgIpc) is 2.92. The number of cyclic esters (lactones) is 1. The summed E-state index contributed by atoms with van der Waals surface area (Å²) in [7, 11) is 0. The molecule has 5 heteroatoms. The van der Waals surface area contributed by atoms with Crippen LogP contribution in [0.15, 0.2) is 36.2 Å². The van der Waals surface area contributed by atoms with Crippen LogP contribution in [0.4, 0.5) is 0 Å². The van der Waals surface area contributed by atoms with Gasteiger partial charge >= 0.3 is 5.97 Å². The molecule has 3 rings (SSSR count). The van der Waals surface area contributed by atoms with E-state index in [9.17, 15) is 9.59 Å². The highest BCUT2D eigenvalue weighted by Gasteiger charge is 2.24. The number of hydrogen-bond acceptors (Lipinski definition) is 4. The Morgan fingerprint density at radius 3 is 2.80 bits per heavy atom. The summed E-state index contributed by atoms with van der Waals surface area (Å²) in [6.07, 6.45) is 3.13. The van der Waals surface area contributed by atoms with Crippen LogP contribution in [0.3, 0.4) is 0 Å². The minimum Gasteiger partial charge on any atom is -0.437 e. The first kappa shape index (κ1) is 12.5. The molecule has 0 amide bonds. The third-order valence-corrected chi connectivity index (χ3v) is 3.24. The van der Waals surface area contributed by atoms with Gasteiger partial charge in [-0.25, -0.2) is 4.79 Å². The van der Waals surface area contributed by atoms with Gasteiger partial charge in [-0.2, -0.15) is 0 Å². The van der Waals surface area contributed by atoms with Crippen LogP contribution in [-0.4, -0.2) is 22.7 Å². The molecule has 2 heterocycles. The molecule has 0 saturated carbocycles. The second-order valence-corrected chi connectivity index (χ2v) is 4.74. The van der Waals surface area contributed by atoms with Crippen LogP contribution in [0.2, 0.25) is 0 Å². The fourth-order valence-electron chi connectivity index (χ4n) is 2.37. The van der Waals surface area contributed by atoms with Gasteiger partial charge in [0.2, 0.25) is 5.91 Å². The molecule has 1 fully saturated rings. The third-order valence-electron chi connectivity index (χ3n) is 3.24. The second kappa shape index (κ2) is 4.52. The van der Waals surface area contributed by atoms with Gasteiger partial charge in [0.1, 0.15) is 5.70 Å². The van der Waals surface area contributed by atoms with Crippen LogP contribution in [0.5, 0.6) is 0 Å². The molecule has 0 spiro atoms. The van der Waals surface area contributed by atoms with Gasteiger partial charge in [0.25, 0.3) is 0 Å². The minimum atomic E-state index is -0.378. The Hall–Kier alpha value is -2.56. The molecule has 20 heavy (non-hydrogen) atoms. The van der Waals surface area contributed by atoms with E-state index in [-0.39, 0.29) is 18.1 Å². The fourth-order valence-corrected chi connectivity index (χ4v) is 2.37. The highest BCUT2D eigenvalue weighted by atomic mass is 16.6. The van der Waals surface area contributed by atoms with E-state index in [0.29, 0.717) is 5.70 Å². The normalized spacial score (nSPS) is 20.2. The Labute approximate surface area is 115 Å². The highest BCUT2D eigenvalue weighted by molar-refractivity contribution is 6.01. The zero-order chi connectivity index (χ0) is 14.3. The zero-order valence-electron chi connectivity index (χ0n) is 11.2. The van der Waals surface area contributed by atoms with Crippen molar-refractivity contribution >= 4 is 28.9 Å². The largest absolute Gasteiger partial charge is 0.437 e. The summed E-state index contributed by atoms with van der Waals surface area (Å²) in [5, 5.41) is 3.87. The molecular formula is C15H14N2O3. The fraction of sp³-hybridized carbons (Fsp3) is 0.200. The number of esters is 1. The van der Waals surface area contributed by atoms with E-state index in [2.05, 4.69) is 5.32 Å². The van der Waals surface area contributed by atoms with Crippen LogP contribution in [0.1, 0.15) is 24.2 Å². The number of nitrogens with zero attached hydrogens (tertiary/aromatic N) is 1. The maximum Gasteiger partial charge on any atom is 0.356 e. The van der Waals surface area contributed by atoms with Crippen molar-refractivity contribution in [1.29, 1.82) is 0 Å². The van der Waals surface area contributed by atoms with Crippen molar-refractivity contribution in [1.82, 2.24) is 9.88 Å². The van der Waals surface area contributed by atoms with Crippen molar-refractivity contribution in [2.75, 3.05) is 0 Å². The molecule has 5 nitrogen and oxygen atoms in total. The first-order valence-corrected chi connectivity index (χ1v) is 6.36. The molecule has 1 aromatic heterocycles. The number of rotatable bonds is 1. The monoisotopic (exact) mass is 270 g/mol. The van der Waals surface area contributed by atoms with E-state index in [4.69, 9.17) is 4.74 Å². The first-order chi connectivity index (χ1) is 9.56. The number of aromatic nitrogens is 1. The summed E-state index contributed by atoms with van der Waals surface area (Å²) < 4.78 is 6.60. The van der Waals surface area contributed by atoms with Gasteiger partial charge in [-0.1, -0.05) is 18.2 Å². The third kappa shape index (κ3) is 1.97. The minimum absolute atomic E-state index is 0.0684. The number of para-hydroxylation sites is 1. The smallest absolute Gasteiger partial charge is 0.356 e. The lowest BCUT2D eigenvalue weighted by Crippen LogP contribution is -2.16. The number of carbonyl (C=O) groups is 2. The number of fused-ring (bicyclic) bond motifs is 1. The first-order valence-electron chi connectivity index (χ1n) is 6.36. The molecular weight excluding hydrogens is 256 g/mol. The molecule has 1 aromatic carbocycles. The van der Waals surface area contributed by atoms with E-state index in [1.807, 2.05) is 24.3 Å². The molecule has 1 unspecified atom stereocenters. The maximum absolute atomic E-state index is 11.7. The van der Waals surface area contributed by atoms with Gasteiger partial charge in [-0.05, 0) is 19.1 Å². The van der Waals surface area contributed by atoms with Gasteiger partial charge in [-0.3, -0.25) is 9.36 Å². The summed E-state index contributed by atoms with van der Waals surface area (Å²) in [5.41, 5.74) is 2.04. The number of benzene rings is 1. The Morgan fingerprint density at radius 1 is 1.40 bits per heavy atom. The van der Waals surface area contributed by atoms with E-state index in [0.717, 1.165) is 16.5 Å². The van der Waals surface area contributed by atoms with Gasteiger partial charge < -0.3 is 10.1 Å². The Morgan fingerprint density at radius 2 is 2.15 bits per heavy atom. The van der Waals surface area contributed by atoms with Crippen molar-refractivity contribution in [2.45, 2.75) is 20.1 Å². The van der Waals surface area contributed by atoms with Crippen LogP contribution < -0.4 is 5.32 Å². The lowest BCUT2D eigenvalue weighted by molar-refractivity contribution is -0.138. The molecule has 1 atom stereocenters. The number of ether oxygens (including phenoxy) is 1. The van der Waals surface area contributed by atoms with Crippen LogP contribution in [0.25, 0.3) is 17.0 Å². The molecule has 102 valence electrons. The molecule has 1 aliphatic heterocycles. The van der Waals surface area contributed by atoms with Crippen molar-refractivity contribution in [3.63, 3.8) is 0 Å². The van der Waals surface area contributed by atoms with Crippen LogP contribution in [-0.2, 0) is 9.53 Å².